The lowest BCUT2D eigenvalue weighted by atomic mass is 10.1. The van der Waals surface area contributed by atoms with Crippen molar-refractivity contribution in [2.24, 2.45) is 5.92 Å². The van der Waals surface area contributed by atoms with E-state index in [1.807, 2.05) is 36.0 Å². The minimum atomic E-state index is -0.505. The van der Waals surface area contributed by atoms with Gasteiger partial charge in [-0.25, -0.2) is 28.1 Å². The number of hydrogen-bond donors (Lipinski definition) is 1. The van der Waals surface area contributed by atoms with Crippen molar-refractivity contribution in [1.82, 2.24) is 13.7 Å². The van der Waals surface area contributed by atoms with E-state index in [0.29, 0.717) is 37.0 Å². The van der Waals surface area contributed by atoms with E-state index in [-0.39, 0.29) is 13.1 Å². The summed E-state index contributed by atoms with van der Waals surface area (Å²) in [6.45, 7) is 9.43. The van der Waals surface area contributed by atoms with Crippen molar-refractivity contribution in [1.29, 1.82) is 0 Å². The Labute approximate surface area is 255 Å². The second kappa shape index (κ2) is 16.6. The fraction of sp³-hybridized carbons (Fsp3) is 0.500. The smallest absolute Gasteiger partial charge is 0.247 e. The molecule has 0 aliphatic heterocycles. The number of thiol groups is 1. The lowest BCUT2D eigenvalue weighted by molar-refractivity contribution is 0.414. The van der Waals surface area contributed by atoms with Crippen LogP contribution in [0.15, 0.2) is 82.5 Å². The van der Waals surface area contributed by atoms with Gasteiger partial charge in [0, 0.05) is 44.5 Å². The van der Waals surface area contributed by atoms with Crippen molar-refractivity contribution >= 4 is 47.9 Å². The van der Waals surface area contributed by atoms with Gasteiger partial charge >= 0.3 is 17.1 Å². The van der Waals surface area contributed by atoms with Gasteiger partial charge in [0.2, 0.25) is 0 Å². The highest BCUT2D eigenvalue weighted by molar-refractivity contribution is 8.00. The molecule has 0 amide bonds. The van der Waals surface area contributed by atoms with Crippen LogP contribution >= 0.6 is 47.9 Å². The summed E-state index contributed by atoms with van der Waals surface area (Å²) in [6.07, 6.45) is 3.11. The Morgan fingerprint density at radius 3 is 1.75 bits per heavy atom. The topological polar surface area (TPSA) is 66.0 Å². The van der Waals surface area contributed by atoms with Gasteiger partial charge in [-0.15, -0.1) is 47.9 Å². The SMILES string of the molecule is CCC(C)Sc1cccc(SCCCn2c(=O)n(CCCSc3cccc(S)c3)c(=O)n(CCC(C)C)c2=O)c1. The quantitative estimate of drug-likeness (QED) is 0.109. The lowest BCUT2D eigenvalue weighted by Crippen LogP contribution is -2.54. The Hall–Kier alpha value is -1.75. The highest BCUT2D eigenvalue weighted by atomic mass is 32.2. The van der Waals surface area contributed by atoms with Gasteiger partial charge in [-0.2, -0.15) is 0 Å². The zero-order chi connectivity index (χ0) is 29.1. The average Bonchev–Trinajstić information content (AvgIpc) is 2.92. The molecule has 10 heteroatoms. The van der Waals surface area contributed by atoms with Gasteiger partial charge in [0.25, 0.3) is 0 Å². The highest BCUT2D eigenvalue weighted by Gasteiger charge is 2.16. The van der Waals surface area contributed by atoms with E-state index in [9.17, 15) is 14.4 Å². The summed E-state index contributed by atoms with van der Waals surface area (Å²) in [5.41, 5.74) is -1.50. The van der Waals surface area contributed by atoms with Gasteiger partial charge in [0.1, 0.15) is 0 Å². The molecule has 6 nitrogen and oxygen atoms in total. The van der Waals surface area contributed by atoms with Crippen LogP contribution in [0, 0.1) is 5.92 Å². The van der Waals surface area contributed by atoms with E-state index < -0.39 is 17.1 Å². The molecule has 0 aliphatic rings. The van der Waals surface area contributed by atoms with E-state index in [2.05, 4.69) is 64.6 Å². The molecule has 0 saturated carbocycles. The highest BCUT2D eigenvalue weighted by Crippen LogP contribution is 2.29. The first-order valence-corrected chi connectivity index (χ1v) is 17.2. The van der Waals surface area contributed by atoms with Crippen LogP contribution in [0.5, 0.6) is 0 Å². The molecule has 0 bridgehead atoms. The zero-order valence-corrected chi connectivity index (χ0v) is 27.2. The second-order valence-electron chi connectivity index (χ2n) is 10.2. The van der Waals surface area contributed by atoms with Crippen molar-refractivity contribution in [3.63, 3.8) is 0 Å². The number of aromatic nitrogens is 3. The average molecular weight is 620 g/mol. The molecule has 1 heterocycles. The Bertz CT molecular complexity index is 1410. The molecule has 1 unspecified atom stereocenters. The third-order valence-corrected chi connectivity index (χ3v) is 10.1. The van der Waals surface area contributed by atoms with Gasteiger partial charge in [0.15, 0.2) is 0 Å². The summed E-state index contributed by atoms with van der Waals surface area (Å²) in [4.78, 5) is 44.2. The van der Waals surface area contributed by atoms with Crippen LogP contribution in [0.1, 0.15) is 53.4 Å². The first-order chi connectivity index (χ1) is 19.2. The summed E-state index contributed by atoms with van der Waals surface area (Å²) in [7, 11) is 0. The lowest BCUT2D eigenvalue weighted by Gasteiger charge is -2.15. The summed E-state index contributed by atoms with van der Waals surface area (Å²) >= 11 is 9.66. The van der Waals surface area contributed by atoms with Crippen LogP contribution in [0.4, 0.5) is 0 Å². The van der Waals surface area contributed by atoms with E-state index in [0.717, 1.165) is 27.7 Å². The van der Waals surface area contributed by atoms with E-state index in [1.165, 1.54) is 23.5 Å². The summed E-state index contributed by atoms with van der Waals surface area (Å²) < 4.78 is 3.76. The van der Waals surface area contributed by atoms with Crippen LogP contribution in [0.3, 0.4) is 0 Å². The Balaban J connectivity index is 1.70. The van der Waals surface area contributed by atoms with E-state index in [1.54, 1.807) is 23.5 Å². The predicted molar refractivity (Wildman–Crippen MR) is 175 cm³/mol. The van der Waals surface area contributed by atoms with Crippen molar-refractivity contribution in [3.05, 3.63) is 80.0 Å². The predicted octanol–water partition coefficient (Wildman–Crippen LogP) is 6.76. The molecule has 1 atom stereocenters. The van der Waals surface area contributed by atoms with Crippen molar-refractivity contribution in [2.45, 2.75) is 97.8 Å². The number of rotatable bonds is 16. The summed E-state index contributed by atoms with van der Waals surface area (Å²) in [5, 5.41) is 0.568. The maximum absolute atomic E-state index is 13.3. The van der Waals surface area contributed by atoms with Crippen LogP contribution in [-0.2, 0) is 19.6 Å². The van der Waals surface area contributed by atoms with Gasteiger partial charge < -0.3 is 0 Å². The fourth-order valence-electron chi connectivity index (χ4n) is 4.00. The molecule has 1 aromatic heterocycles. The third-order valence-electron chi connectivity index (χ3n) is 6.44. The Kier molecular flexibility index (Phi) is 13.6. The molecule has 0 saturated heterocycles. The molecule has 0 spiro atoms. The van der Waals surface area contributed by atoms with Crippen molar-refractivity contribution in [2.75, 3.05) is 11.5 Å². The molecule has 3 rings (SSSR count). The normalized spacial score (nSPS) is 12.2. The molecule has 2 aromatic carbocycles. The van der Waals surface area contributed by atoms with Crippen LogP contribution in [0.25, 0.3) is 0 Å². The van der Waals surface area contributed by atoms with Crippen molar-refractivity contribution < 1.29 is 0 Å². The molecule has 218 valence electrons. The van der Waals surface area contributed by atoms with Crippen LogP contribution in [0.2, 0.25) is 0 Å². The maximum atomic E-state index is 13.3. The molecule has 0 fully saturated rings. The van der Waals surface area contributed by atoms with E-state index >= 15 is 0 Å². The Morgan fingerprint density at radius 1 is 0.725 bits per heavy atom. The molecule has 0 radical (unpaired) electrons. The van der Waals surface area contributed by atoms with Gasteiger partial charge in [-0.1, -0.05) is 39.8 Å². The fourth-order valence-corrected chi connectivity index (χ4v) is 7.15. The molecule has 0 N–H and O–H groups in total. The number of nitrogens with zero attached hydrogens (tertiary/aromatic N) is 3. The summed E-state index contributed by atoms with van der Waals surface area (Å²) in [6, 6.07) is 16.4. The molecular weight excluding hydrogens is 579 g/mol. The number of hydrogen-bond acceptors (Lipinski definition) is 7. The standard InChI is InChI=1S/C30H41N3O3S4/c1-5-23(4)40-27-13-7-12-26(21-27)39-19-9-16-32-28(34)31(29(35)33(30(32)36)17-14-22(2)3)15-8-18-38-25-11-6-10-24(37)20-25/h6-7,10-13,20-23,37H,5,8-9,14-19H2,1-4H3. The van der Waals surface area contributed by atoms with E-state index in [4.69, 9.17) is 0 Å². The first kappa shape index (κ1) is 32.8. The number of thioether (sulfide) groups is 3. The monoisotopic (exact) mass is 619 g/mol. The molecule has 40 heavy (non-hydrogen) atoms. The van der Waals surface area contributed by atoms with Crippen molar-refractivity contribution in [3.8, 4) is 0 Å². The molecular formula is C30H41N3O3S4. The maximum Gasteiger partial charge on any atom is 0.336 e. The molecule has 3 aromatic rings. The minimum Gasteiger partial charge on any atom is -0.247 e. The largest absolute Gasteiger partial charge is 0.336 e. The zero-order valence-electron chi connectivity index (χ0n) is 23.9. The van der Waals surface area contributed by atoms with Gasteiger partial charge in [0.05, 0.1) is 0 Å². The Morgan fingerprint density at radius 2 is 1.23 bits per heavy atom. The van der Waals surface area contributed by atoms with Gasteiger partial charge in [-0.05, 0) is 79.5 Å². The third kappa shape index (κ3) is 9.96. The second-order valence-corrected chi connectivity index (χ2v) is 14.6. The first-order valence-electron chi connectivity index (χ1n) is 14.0. The van der Waals surface area contributed by atoms with Crippen LogP contribution in [-0.4, -0.2) is 30.5 Å². The van der Waals surface area contributed by atoms with Crippen LogP contribution < -0.4 is 17.1 Å². The molecule has 0 aliphatic carbocycles. The summed E-state index contributed by atoms with van der Waals surface area (Å²) in [5.74, 6) is 1.86. The minimum absolute atomic E-state index is 0.280. The number of benzene rings is 2. The van der Waals surface area contributed by atoms with Gasteiger partial charge in [-0.3, -0.25) is 0 Å².